The van der Waals surface area contributed by atoms with E-state index >= 15 is 0 Å². The van der Waals surface area contributed by atoms with Gasteiger partial charge in [0.2, 0.25) is 5.78 Å². The van der Waals surface area contributed by atoms with Crippen LogP contribution in [0.4, 0.5) is 28.4 Å². The van der Waals surface area contributed by atoms with E-state index in [0.717, 1.165) is 16.8 Å². The van der Waals surface area contributed by atoms with Gasteiger partial charge in [0.25, 0.3) is 20.2 Å². The fourth-order valence-corrected chi connectivity index (χ4v) is 7.18. The Morgan fingerprint density at radius 3 is 2.17 bits per heavy atom. The second-order valence-electron chi connectivity index (χ2n) is 9.89. The SMILES string of the molecule is Nc1ccc(N=Nc2c(S(=O)(=O)O)cc3c(c2N)C(=O)/C(=N\Nc2ccc4c(=O)c5ccccc5sc4c2)C(S(=O)(=O)O)=C3)cc1. The number of benzene rings is 4. The van der Waals surface area contributed by atoms with E-state index in [0.29, 0.717) is 21.2 Å². The zero-order chi connectivity index (χ0) is 33.0. The van der Waals surface area contributed by atoms with Crippen molar-refractivity contribution < 1.29 is 30.7 Å². The van der Waals surface area contributed by atoms with Gasteiger partial charge in [0, 0.05) is 25.9 Å². The first kappa shape index (κ1) is 30.7. The molecule has 0 spiro atoms. The molecule has 17 heteroatoms. The van der Waals surface area contributed by atoms with Gasteiger partial charge in [0.15, 0.2) is 11.1 Å². The minimum Gasteiger partial charge on any atom is -0.399 e. The molecule has 1 aliphatic rings. The molecule has 0 aliphatic heterocycles. The number of nitrogens with two attached hydrogens (primary N) is 2. The molecule has 1 aromatic heterocycles. The highest BCUT2D eigenvalue weighted by Gasteiger charge is 2.37. The Bertz CT molecular complexity index is 2510. The van der Waals surface area contributed by atoms with E-state index in [1.807, 2.05) is 0 Å². The molecule has 5 aromatic rings. The van der Waals surface area contributed by atoms with Gasteiger partial charge in [0.05, 0.1) is 22.6 Å². The maximum absolute atomic E-state index is 13.7. The number of fused-ring (bicyclic) bond motifs is 3. The minimum atomic E-state index is -5.12. The molecule has 7 N–H and O–H groups in total. The van der Waals surface area contributed by atoms with E-state index in [1.54, 1.807) is 36.4 Å². The van der Waals surface area contributed by atoms with E-state index in [9.17, 15) is 35.5 Å². The normalized spacial score (nSPS) is 14.6. The number of hydrogen-bond acceptors (Lipinski definition) is 13. The molecule has 0 saturated carbocycles. The summed E-state index contributed by atoms with van der Waals surface area (Å²) in [6.07, 6.45) is 0.789. The number of rotatable bonds is 6. The van der Waals surface area contributed by atoms with Gasteiger partial charge in [-0.3, -0.25) is 24.1 Å². The predicted octanol–water partition coefficient (Wildman–Crippen LogP) is 5.13. The Kier molecular flexibility index (Phi) is 7.49. The summed E-state index contributed by atoms with van der Waals surface area (Å²) in [5.74, 6) is -1.11. The maximum atomic E-state index is 13.7. The van der Waals surface area contributed by atoms with Crippen LogP contribution in [0.25, 0.3) is 26.2 Å². The van der Waals surface area contributed by atoms with Crippen LogP contribution in [0, 0.1) is 0 Å². The third-order valence-electron chi connectivity index (χ3n) is 6.88. The number of allylic oxidation sites excluding steroid dienone is 1. The van der Waals surface area contributed by atoms with Crippen LogP contribution in [0.5, 0.6) is 0 Å². The third-order valence-corrected chi connectivity index (χ3v) is 9.75. The number of nitrogens with one attached hydrogen (secondary N) is 1. The van der Waals surface area contributed by atoms with Crippen LogP contribution in [-0.4, -0.2) is 37.4 Å². The van der Waals surface area contributed by atoms with Gasteiger partial charge < -0.3 is 11.5 Å². The topological polar surface area (TPSA) is 244 Å². The molecule has 0 amide bonds. The standard InChI is InChI=1S/C29H20N6O8S3/c30-15-5-7-16(8-6-15)32-34-26-22(45(38,39)40)11-14-12-23(46(41,42)43)27(29(37)24(14)25(26)31)35-33-17-9-10-19-21(13-17)44-20-4-2-1-3-18(20)28(19)36/h1-13,33H,30-31H2,(H,38,39,40)(H,41,42,43)/b34-32?,35-27-. The summed E-state index contributed by atoms with van der Waals surface area (Å²) >= 11 is 1.33. The molecular formula is C29H20N6O8S3. The summed E-state index contributed by atoms with van der Waals surface area (Å²) in [6, 6.07) is 18.4. The highest BCUT2D eigenvalue weighted by atomic mass is 32.2. The van der Waals surface area contributed by atoms with Crippen LogP contribution in [0.3, 0.4) is 0 Å². The number of hydrogen-bond donors (Lipinski definition) is 5. The third kappa shape index (κ3) is 5.64. The van der Waals surface area contributed by atoms with E-state index in [4.69, 9.17) is 11.5 Å². The predicted molar refractivity (Wildman–Crippen MR) is 176 cm³/mol. The Balaban J connectivity index is 1.47. The molecule has 14 nitrogen and oxygen atoms in total. The van der Waals surface area contributed by atoms with Crippen molar-refractivity contribution in [3.8, 4) is 0 Å². The van der Waals surface area contributed by atoms with Crippen molar-refractivity contribution in [1.29, 1.82) is 0 Å². The molecule has 0 atom stereocenters. The van der Waals surface area contributed by atoms with E-state index in [2.05, 4.69) is 20.8 Å². The van der Waals surface area contributed by atoms with Crippen molar-refractivity contribution in [3.05, 3.63) is 99.1 Å². The number of ketones is 1. The van der Waals surface area contributed by atoms with Crippen molar-refractivity contribution in [2.75, 3.05) is 16.9 Å². The average Bonchev–Trinajstić information content (AvgIpc) is 2.99. The molecule has 0 radical (unpaired) electrons. The number of anilines is 3. The Hall–Kier alpha value is -5.33. The van der Waals surface area contributed by atoms with Crippen molar-refractivity contribution >= 4 is 97.8 Å². The van der Waals surface area contributed by atoms with Crippen molar-refractivity contribution in [2.45, 2.75) is 4.90 Å². The summed E-state index contributed by atoms with van der Waals surface area (Å²) in [5, 5.41) is 12.7. The first-order valence-corrected chi connectivity index (χ1v) is 16.7. The van der Waals surface area contributed by atoms with Crippen LogP contribution in [0.1, 0.15) is 15.9 Å². The minimum absolute atomic E-state index is 0.179. The van der Waals surface area contributed by atoms with Gasteiger partial charge in [-0.2, -0.15) is 27.1 Å². The number of azo groups is 1. The lowest BCUT2D eigenvalue weighted by molar-refractivity contribution is 0.106. The second-order valence-corrected chi connectivity index (χ2v) is 13.8. The second kappa shape index (κ2) is 11.2. The van der Waals surface area contributed by atoms with Gasteiger partial charge in [-0.1, -0.05) is 12.1 Å². The van der Waals surface area contributed by atoms with Crippen LogP contribution < -0.4 is 22.3 Å². The highest BCUT2D eigenvalue weighted by molar-refractivity contribution is 7.91. The number of hydrazone groups is 1. The molecule has 6 rings (SSSR count). The molecule has 4 aromatic carbocycles. The summed E-state index contributed by atoms with van der Waals surface area (Å²) in [7, 11) is -10.2. The summed E-state index contributed by atoms with van der Waals surface area (Å²) < 4.78 is 70.5. The van der Waals surface area contributed by atoms with Crippen molar-refractivity contribution in [3.63, 3.8) is 0 Å². The summed E-state index contributed by atoms with van der Waals surface area (Å²) in [5.41, 5.74) is 12.5. The van der Waals surface area contributed by atoms with E-state index in [1.165, 1.54) is 41.7 Å². The fraction of sp³-hybridized carbons (Fsp3) is 0. The molecule has 0 unspecified atom stereocenters. The van der Waals surface area contributed by atoms with Gasteiger partial charge in [-0.05, 0) is 72.3 Å². The lowest BCUT2D eigenvalue weighted by atomic mass is 9.92. The van der Waals surface area contributed by atoms with E-state index in [-0.39, 0.29) is 22.4 Å². The van der Waals surface area contributed by atoms with Crippen molar-refractivity contribution in [2.24, 2.45) is 15.3 Å². The van der Waals surface area contributed by atoms with Gasteiger partial charge in [-0.25, -0.2) is 0 Å². The fourth-order valence-electron chi connectivity index (χ4n) is 4.74. The zero-order valence-electron chi connectivity index (χ0n) is 23.1. The van der Waals surface area contributed by atoms with Gasteiger partial charge in [0.1, 0.15) is 15.5 Å². The molecular weight excluding hydrogens is 657 g/mol. The van der Waals surface area contributed by atoms with Crippen LogP contribution in [0.2, 0.25) is 0 Å². The Morgan fingerprint density at radius 2 is 1.48 bits per heavy atom. The molecule has 0 saturated heterocycles. The zero-order valence-corrected chi connectivity index (χ0v) is 25.5. The Morgan fingerprint density at radius 1 is 0.783 bits per heavy atom. The first-order chi connectivity index (χ1) is 21.7. The number of nitrogens with zero attached hydrogens (tertiary/aromatic N) is 3. The van der Waals surface area contributed by atoms with Gasteiger partial charge >= 0.3 is 0 Å². The largest absolute Gasteiger partial charge is 0.399 e. The lowest BCUT2D eigenvalue weighted by Crippen LogP contribution is -2.28. The highest BCUT2D eigenvalue weighted by Crippen LogP contribution is 2.41. The molecule has 0 bridgehead atoms. The smallest absolute Gasteiger partial charge is 0.296 e. The monoisotopic (exact) mass is 676 g/mol. The van der Waals surface area contributed by atoms with E-state index < -0.39 is 58.5 Å². The number of carbonyl (C=O) groups excluding carboxylic acids is 1. The van der Waals surface area contributed by atoms with Gasteiger partial charge in [-0.15, -0.1) is 16.5 Å². The van der Waals surface area contributed by atoms with Crippen molar-refractivity contribution in [1.82, 2.24) is 0 Å². The maximum Gasteiger partial charge on any atom is 0.296 e. The van der Waals surface area contributed by atoms with Crippen LogP contribution in [-0.2, 0) is 20.2 Å². The molecule has 1 aliphatic carbocycles. The molecule has 46 heavy (non-hydrogen) atoms. The van der Waals surface area contributed by atoms with Crippen LogP contribution >= 0.6 is 11.3 Å². The molecule has 232 valence electrons. The molecule has 1 heterocycles. The first-order valence-electron chi connectivity index (χ1n) is 13.0. The lowest BCUT2D eigenvalue weighted by Gasteiger charge is -2.20. The summed E-state index contributed by atoms with van der Waals surface area (Å²) in [4.78, 5) is 24.8. The number of Topliss-reactive ketones (excluding diaryl/α,β-unsaturated/α-hetero) is 1. The summed E-state index contributed by atoms with van der Waals surface area (Å²) in [6.45, 7) is 0. The Labute approximate surface area is 263 Å². The number of nitrogen functional groups attached to an aromatic ring is 2. The number of carbonyl (C=O) groups is 1. The quantitative estimate of drug-likeness (QED) is 0.0518. The molecule has 0 fully saturated rings. The van der Waals surface area contributed by atoms with Crippen LogP contribution in [0.15, 0.2) is 103 Å². The average molecular weight is 677 g/mol.